The maximum absolute atomic E-state index is 5.54. The van der Waals surface area contributed by atoms with Crippen LogP contribution in [0.1, 0.15) is 25.3 Å². The standard InChI is InChI=1S/C13H17N3O/c1-9(2)10-6-5-7-11(12(10)17-4)13-14-8-15-16(13)3/h5-9H,1-4H3. The van der Waals surface area contributed by atoms with Crippen molar-refractivity contribution in [1.29, 1.82) is 0 Å². The van der Waals surface area contributed by atoms with Gasteiger partial charge in [0.05, 0.1) is 12.7 Å². The first-order valence-corrected chi connectivity index (χ1v) is 5.66. The molecule has 1 heterocycles. The van der Waals surface area contributed by atoms with Gasteiger partial charge in [-0.25, -0.2) is 9.67 Å². The summed E-state index contributed by atoms with van der Waals surface area (Å²) in [6, 6.07) is 6.12. The average Bonchev–Trinajstić information content (AvgIpc) is 2.74. The molecular weight excluding hydrogens is 214 g/mol. The van der Waals surface area contributed by atoms with E-state index in [2.05, 4.69) is 30.0 Å². The molecule has 0 N–H and O–H groups in total. The van der Waals surface area contributed by atoms with Gasteiger partial charge in [0.1, 0.15) is 12.1 Å². The van der Waals surface area contributed by atoms with Gasteiger partial charge >= 0.3 is 0 Å². The Morgan fingerprint density at radius 2 is 2.06 bits per heavy atom. The van der Waals surface area contributed by atoms with Crippen LogP contribution in [0.5, 0.6) is 5.75 Å². The van der Waals surface area contributed by atoms with Gasteiger partial charge in [0.25, 0.3) is 0 Å². The molecule has 0 amide bonds. The minimum atomic E-state index is 0.415. The summed E-state index contributed by atoms with van der Waals surface area (Å²) in [7, 11) is 3.57. The topological polar surface area (TPSA) is 39.9 Å². The van der Waals surface area contributed by atoms with Crippen LogP contribution in [-0.4, -0.2) is 21.9 Å². The van der Waals surface area contributed by atoms with Crippen molar-refractivity contribution in [2.24, 2.45) is 7.05 Å². The molecule has 90 valence electrons. The second kappa shape index (κ2) is 4.57. The van der Waals surface area contributed by atoms with Crippen molar-refractivity contribution in [3.63, 3.8) is 0 Å². The molecule has 0 spiro atoms. The number of aryl methyl sites for hydroxylation is 1. The van der Waals surface area contributed by atoms with E-state index in [1.807, 2.05) is 19.2 Å². The van der Waals surface area contributed by atoms with Gasteiger partial charge in [-0.15, -0.1) is 0 Å². The smallest absolute Gasteiger partial charge is 0.161 e. The first-order chi connectivity index (χ1) is 8.15. The van der Waals surface area contributed by atoms with Gasteiger partial charge in [-0.3, -0.25) is 0 Å². The van der Waals surface area contributed by atoms with Gasteiger partial charge in [-0.1, -0.05) is 26.0 Å². The van der Waals surface area contributed by atoms with Crippen molar-refractivity contribution in [1.82, 2.24) is 14.8 Å². The molecule has 0 atom stereocenters. The van der Waals surface area contributed by atoms with E-state index in [1.54, 1.807) is 18.1 Å². The summed E-state index contributed by atoms with van der Waals surface area (Å²) in [6.07, 6.45) is 1.55. The fourth-order valence-corrected chi connectivity index (χ4v) is 1.95. The Bertz CT molecular complexity index is 517. The summed E-state index contributed by atoms with van der Waals surface area (Å²) < 4.78 is 7.29. The van der Waals surface area contributed by atoms with E-state index < -0.39 is 0 Å². The molecule has 0 aliphatic heterocycles. The summed E-state index contributed by atoms with van der Waals surface area (Å²) in [5.41, 5.74) is 2.17. The van der Waals surface area contributed by atoms with Crippen LogP contribution in [0, 0.1) is 0 Å². The van der Waals surface area contributed by atoms with Crippen LogP contribution in [-0.2, 0) is 7.05 Å². The minimum Gasteiger partial charge on any atom is -0.496 e. The predicted molar refractivity (Wildman–Crippen MR) is 67.1 cm³/mol. The molecule has 0 aliphatic rings. The fourth-order valence-electron chi connectivity index (χ4n) is 1.95. The van der Waals surface area contributed by atoms with Crippen molar-refractivity contribution in [2.45, 2.75) is 19.8 Å². The molecule has 0 aliphatic carbocycles. The third-order valence-corrected chi connectivity index (χ3v) is 2.82. The number of hydrogen-bond donors (Lipinski definition) is 0. The van der Waals surface area contributed by atoms with Crippen LogP contribution >= 0.6 is 0 Å². The lowest BCUT2D eigenvalue weighted by Crippen LogP contribution is -2.00. The lowest BCUT2D eigenvalue weighted by atomic mass is 9.99. The summed E-state index contributed by atoms with van der Waals surface area (Å²) in [5.74, 6) is 2.13. The molecule has 17 heavy (non-hydrogen) atoms. The van der Waals surface area contributed by atoms with Gasteiger partial charge in [0, 0.05) is 7.05 Å². The van der Waals surface area contributed by atoms with Crippen LogP contribution in [0.25, 0.3) is 11.4 Å². The van der Waals surface area contributed by atoms with Gasteiger partial charge in [-0.2, -0.15) is 5.10 Å². The van der Waals surface area contributed by atoms with E-state index in [0.29, 0.717) is 5.92 Å². The average molecular weight is 231 g/mol. The van der Waals surface area contributed by atoms with Crippen molar-refractivity contribution in [3.8, 4) is 17.1 Å². The number of benzene rings is 1. The SMILES string of the molecule is COc1c(-c2ncnn2C)cccc1C(C)C. The van der Waals surface area contributed by atoms with E-state index >= 15 is 0 Å². The number of para-hydroxylation sites is 1. The van der Waals surface area contributed by atoms with Crippen molar-refractivity contribution in [2.75, 3.05) is 7.11 Å². The number of rotatable bonds is 3. The minimum absolute atomic E-state index is 0.415. The zero-order valence-electron chi connectivity index (χ0n) is 10.6. The highest BCUT2D eigenvalue weighted by molar-refractivity contribution is 5.67. The molecule has 4 nitrogen and oxygen atoms in total. The lowest BCUT2D eigenvalue weighted by Gasteiger charge is -2.15. The number of aromatic nitrogens is 3. The second-order valence-corrected chi connectivity index (χ2v) is 4.29. The molecule has 1 aromatic heterocycles. The highest BCUT2D eigenvalue weighted by Gasteiger charge is 2.15. The van der Waals surface area contributed by atoms with Crippen LogP contribution in [0.4, 0.5) is 0 Å². The second-order valence-electron chi connectivity index (χ2n) is 4.29. The Labute approximate surface area is 101 Å². The van der Waals surface area contributed by atoms with Crippen LogP contribution in [0.15, 0.2) is 24.5 Å². The summed E-state index contributed by atoms with van der Waals surface area (Å²) >= 11 is 0. The zero-order chi connectivity index (χ0) is 12.4. The molecule has 0 fully saturated rings. The molecular formula is C13H17N3O. The monoisotopic (exact) mass is 231 g/mol. The Hall–Kier alpha value is -1.84. The number of methoxy groups -OCH3 is 1. The quantitative estimate of drug-likeness (QED) is 0.815. The van der Waals surface area contributed by atoms with E-state index in [1.165, 1.54) is 5.56 Å². The normalized spacial score (nSPS) is 10.9. The molecule has 0 saturated heterocycles. The maximum Gasteiger partial charge on any atom is 0.161 e. The molecule has 0 saturated carbocycles. The van der Waals surface area contributed by atoms with E-state index in [4.69, 9.17) is 4.74 Å². The molecule has 4 heteroatoms. The Morgan fingerprint density at radius 3 is 2.59 bits per heavy atom. The zero-order valence-corrected chi connectivity index (χ0v) is 10.6. The number of ether oxygens (including phenoxy) is 1. The van der Waals surface area contributed by atoms with Crippen LogP contribution in [0.3, 0.4) is 0 Å². The first-order valence-electron chi connectivity index (χ1n) is 5.66. The number of nitrogens with zero attached hydrogens (tertiary/aromatic N) is 3. The molecule has 0 unspecified atom stereocenters. The highest BCUT2D eigenvalue weighted by atomic mass is 16.5. The predicted octanol–water partition coefficient (Wildman–Crippen LogP) is 2.61. The van der Waals surface area contributed by atoms with Gasteiger partial charge in [0.15, 0.2) is 5.82 Å². The molecule has 2 rings (SSSR count). The Morgan fingerprint density at radius 1 is 1.29 bits per heavy atom. The molecule has 0 bridgehead atoms. The molecule has 0 radical (unpaired) electrons. The largest absolute Gasteiger partial charge is 0.496 e. The first kappa shape index (κ1) is 11.6. The van der Waals surface area contributed by atoms with Crippen LogP contribution < -0.4 is 4.74 Å². The summed E-state index contributed by atoms with van der Waals surface area (Å²) in [5, 5.41) is 4.09. The highest BCUT2D eigenvalue weighted by Crippen LogP contribution is 2.35. The molecule has 2 aromatic rings. The van der Waals surface area contributed by atoms with E-state index in [-0.39, 0.29) is 0 Å². The van der Waals surface area contributed by atoms with Gasteiger partial charge in [-0.05, 0) is 17.5 Å². The third kappa shape index (κ3) is 2.02. The summed E-state index contributed by atoms with van der Waals surface area (Å²) in [6.45, 7) is 4.30. The number of hydrogen-bond acceptors (Lipinski definition) is 3. The van der Waals surface area contributed by atoms with Gasteiger partial charge < -0.3 is 4.74 Å². The van der Waals surface area contributed by atoms with Gasteiger partial charge in [0.2, 0.25) is 0 Å². The lowest BCUT2D eigenvalue weighted by molar-refractivity contribution is 0.408. The Balaban J connectivity index is 2.62. The fraction of sp³-hybridized carbons (Fsp3) is 0.385. The van der Waals surface area contributed by atoms with Crippen LogP contribution in [0.2, 0.25) is 0 Å². The van der Waals surface area contributed by atoms with E-state index in [0.717, 1.165) is 17.1 Å². The van der Waals surface area contributed by atoms with Crippen molar-refractivity contribution >= 4 is 0 Å². The van der Waals surface area contributed by atoms with Crippen molar-refractivity contribution < 1.29 is 4.74 Å². The third-order valence-electron chi connectivity index (χ3n) is 2.82. The summed E-state index contributed by atoms with van der Waals surface area (Å²) in [4.78, 5) is 4.27. The Kier molecular flexibility index (Phi) is 3.13. The molecule has 1 aromatic carbocycles. The maximum atomic E-state index is 5.54. The van der Waals surface area contributed by atoms with E-state index in [9.17, 15) is 0 Å². The van der Waals surface area contributed by atoms with Crippen molar-refractivity contribution in [3.05, 3.63) is 30.1 Å².